The van der Waals surface area contributed by atoms with E-state index in [9.17, 15) is 9.90 Å². The van der Waals surface area contributed by atoms with Crippen molar-refractivity contribution in [2.45, 2.75) is 95.6 Å². The van der Waals surface area contributed by atoms with E-state index in [4.69, 9.17) is 0 Å². The minimum atomic E-state index is -0.644. The van der Waals surface area contributed by atoms with Crippen molar-refractivity contribution in [2.75, 3.05) is 0 Å². The van der Waals surface area contributed by atoms with E-state index in [1.165, 1.54) is 0 Å². The summed E-state index contributed by atoms with van der Waals surface area (Å²) in [4.78, 5) is 14.3. The third-order valence-electron chi connectivity index (χ3n) is 3.64. The molecule has 1 aliphatic rings. The molecule has 1 heterocycles. The Balaban J connectivity index is 3.41. The Labute approximate surface area is 157 Å². The van der Waals surface area contributed by atoms with E-state index in [1.54, 1.807) is 30.4 Å². The average Bonchev–Trinajstić information content (AvgIpc) is 2.27. The number of hydrogen-bond donors (Lipinski definition) is 1. The number of thioether (sulfide) groups is 2. The van der Waals surface area contributed by atoms with Crippen LogP contribution in [0.1, 0.15) is 69.2 Å². The average molecular weight is 374 g/mol. The van der Waals surface area contributed by atoms with Gasteiger partial charge in [-0.25, -0.2) is 0 Å². The van der Waals surface area contributed by atoms with Crippen molar-refractivity contribution in [2.24, 2.45) is 5.41 Å². The minimum Gasteiger partial charge on any atom is -0.386 e. The molecule has 0 bridgehead atoms. The fourth-order valence-corrected chi connectivity index (χ4v) is 5.57. The van der Waals surface area contributed by atoms with Crippen LogP contribution in [0.3, 0.4) is 0 Å². The Kier molecular flexibility index (Phi) is 6.61. The number of carbonyl (C=O) groups excluding carboxylic acids is 1. The lowest BCUT2D eigenvalue weighted by Crippen LogP contribution is -2.55. The Morgan fingerprint density at radius 3 is 1.79 bits per heavy atom. The largest absolute Gasteiger partial charge is 0.386 e. The molecule has 0 fully saturated rings. The molecule has 24 heavy (non-hydrogen) atoms. The molecular weight excluding hydrogens is 338 g/mol. The van der Waals surface area contributed by atoms with Crippen LogP contribution < -0.4 is 0 Å². The van der Waals surface area contributed by atoms with Crippen LogP contribution in [0, 0.1) is 5.41 Å². The van der Waals surface area contributed by atoms with E-state index in [2.05, 4.69) is 68.4 Å². The Bertz CT molecular complexity index is 495. The van der Waals surface area contributed by atoms with Gasteiger partial charge in [-0.15, -0.1) is 23.5 Å². The first-order valence-electron chi connectivity index (χ1n) is 8.58. The topological polar surface area (TPSA) is 40.5 Å². The van der Waals surface area contributed by atoms with Crippen molar-refractivity contribution in [1.82, 2.24) is 4.90 Å². The lowest BCUT2D eigenvalue weighted by molar-refractivity contribution is -0.131. The Morgan fingerprint density at radius 2 is 1.46 bits per heavy atom. The number of nitrogens with zero attached hydrogens (tertiary/aromatic N) is 1. The van der Waals surface area contributed by atoms with Gasteiger partial charge in [-0.3, -0.25) is 4.79 Å². The molecule has 0 unspecified atom stereocenters. The normalized spacial score (nSPS) is 26.4. The van der Waals surface area contributed by atoms with Gasteiger partial charge in [0.2, 0.25) is 5.91 Å². The van der Waals surface area contributed by atoms with E-state index < -0.39 is 6.10 Å². The predicted octanol–water partition coefficient (Wildman–Crippen LogP) is 4.90. The summed E-state index contributed by atoms with van der Waals surface area (Å²) < 4.78 is -0.0201. The van der Waals surface area contributed by atoms with Crippen molar-refractivity contribution in [1.29, 1.82) is 0 Å². The molecule has 1 N–H and O–H groups in total. The van der Waals surface area contributed by atoms with Gasteiger partial charge in [-0.05, 0) is 17.1 Å². The highest BCUT2D eigenvalue weighted by atomic mass is 32.2. The summed E-state index contributed by atoms with van der Waals surface area (Å²) in [6, 6.07) is 0. The summed E-state index contributed by atoms with van der Waals surface area (Å²) in [7, 11) is 0. The molecule has 0 spiro atoms. The predicted molar refractivity (Wildman–Crippen MR) is 108 cm³/mol. The van der Waals surface area contributed by atoms with E-state index in [-0.39, 0.29) is 31.6 Å². The summed E-state index contributed by atoms with van der Waals surface area (Å²) >= 11 is 3.44. The van der Waals surface area contributed by atoms with Gasteiger partial charge in [0, 0.05) is 16.4 Å². The van der Waals surface area contributed by atoms with Crippen LogP contribution in [0.15, 0.2) is 11.6 Å². The number of carbonyl (C=O) groups is 1. The number of aliphatic hydroxyl groups excluding tert-OH is 1. The van der Waals surface area contributed by atoms with E-state index >= 15 is 0 Å². The van der Waals surface area contributed by atoms with Crippen molar-refractivity contribution in [3.63, 3.8) is 0 Å². The van der Waals surface area contributed by atoms with Crippen molar-refractivity contribution >= 4 is 29.4 Å². The Hall–Kier alpha value is -0.130. The highest BCUT2D eigenvalue weighted by molar-refractivity contribution is 8.02. The van der Waals surface area contributed by atoms with E-state index in [0.29, 0.717) is 0 Å². The van der Waals surface area contributed by atoms with Gasteiger partial charge in [0.1, 0.15) is 11.5 Å². The lowest BCUT2D eigenvalue weighted by atomic mass is 9.81. The standard InChI is InChI=1S/C19H35NO2S2/c1-12(21)20-14(23-18(5,6)7)11-13(17(2,3)4)15(22)16(20)24-19(8,9)10/h11,14-16,22H,1-10H3/t14-,15-,16+/m1/s1. The molecule has 0 aromatic rings. The molecule has 0 aliphatic carbocycles. The van der Waals surface area contributed by atoms with Crippen molar-refractivity contribution in [3.8, 4) is 0 Å². The van der Waals surface area contributed by atoms with Crippen LogP contribution in [0.2, 0.25) is 0 Å². The monoisotopic (exact) mass is 373 g/mol. The first-order chi connectivity index (χ1) is 10.5. The zero-order valence-corrected chi connectivity index (χ0v) is 18.6. The van der Waals surface area contributed by atoms with Crippen LogP contribution in [-0.2, 0) is 4.79 Å². The smallest absolute Gasteiger partial charge is 0.221 e. The maximum absolute atomic E-state index is 12.5. The van der Waals surface area contributed by atoms with Gasteiger partial charge in [0.05, 0.1) is 5.37 Å². The van der Waals surface area contributed by atoms with E-state index in [0.717, 1.165) is 5.57 Å². The zero-order chi connectivity index (χ0) is 19.1. The summed E-state index contributed by atoms with van der Waals surface area (Å²) in [5.41, 5.74) is 0.902. The molecule has 0 saturated carbocycles. The molecule has 3 atom stereocenters. The molecule has 0 aromatic carbocycles. The number of hydrogen-bond acceptors (Lipinski definition) is 4. The molecular formula is C19H35NO2S2. The van der Waals surface area contributed by atoms with Gasteiger partial charge in [-0.1, -0.05) is 62.3 Å². The SMILES string of the molecule is CC(=O)N1[C@H](SC(C)(C)C)C=C(C(C)(C)C)[C@@H](O)[C@@H]1SC(C)(C)C. The van der Waals surface area contributed by atoms with Gasteiger partial charge in [0.25, 0.3) is 0 Å². The Morgan fingerprint density at radius 1 is 1.00 bits per heavy atom. The first kappa shape index (κ1) is 21.9. The fraction of sp³-hybridized carbons (Fsp3) is 0.842. The molecule has 1 amide bonds. The third kappa shape index (κ3) is 5.99. The molecule has 3 nitrogen and oxygen atoms in total. The number of rotatable bonds is 2. The molecule has 1 rings (SSSR count). The second-order valence-corrected chi connectivity index (χ2v) is 13.4. The van der Waals surface area contributed by atoms with Gasteiger partial charge in [0.15, 0.2) is 0 Å². The first-order valence-corrected chi connectivity index (χ1v) is 10.3. The van der Waals surface area contributed by atoms with Crippen LogP contribution in [0.5, 0.6) is 0 Å². The van der Waals surface area contributed by atoms with Crippen LogP contribution in [0.4, 0.5) is 0 Å². The van der Waals surface area contributed by atoms with Crippen LogP contribution in [0.25, 0.3) is 0 Å². The summed E-state index contributed by atoms with van der Waals surface area (Å²) in [6.07, 6.45) is 1.47. The van der Waals surface area contributed by atoms with Gasteiger partial charge < -0.3 is 10.0 Å². The van der Waals surface area contributed by atoms with E-state index in [1.807, 2.05) is 4.90 Å². The molecule has 0 aromatic heterocycles. The quantitative estimate of drug-likeness (QED) is 0.699. The third-order valence-corrected chi connectivity index (χ3v) is 6.38. The number of aliphatic hydroxyl groups is 1. The number of amides is 1. The fourth-order valence-electron chi connectivity index (χ4n) is 2.77. The molecule has 5 heteroatoms. The van der Waals surface area contributed by atoms with Crippen LogP contribution in [-0.4, -0.2) is 42.3 Å². The molecule has 1 aliphatic heterocycles. The van der Waals surface area contributed by atoms with Crippen molar-refractivity contribution < 1.29 is 9.90 Å². The molecule has 140 valence electrons. The summed E-state index contributed by atoms with van der Waals surface area (Å²) in [5.74, 6) is 0.0155. The van der Waals surface area contributed by atoms with Crippen molar-refractivity contribution in [3.05, 3.63) is 11.6 Å². The van der Waals surface area contributed by atoms with Gasteiger partial charge >= 0.3 is 0 Å². The molecule has 0 radical (unpaired) electrons. The second-order valence-electron chi connectivity index (χ2n) is 9.48. The van der Waals surface area contributed by atoms with Gasteiger partial charge in [-0.2, -0.15) is 0 Å². The zero-order valence-electron chi connectivity index (χ0n) is 16.9. The minimum absolute atomic E-state index is 0.0155. The molecule has 0 saturated heterocycles. The summed E-state index contributed by atoms with van der Waals surface area (Å²) in [5, 5.41) is 10.8. The second kappa shape index (κ2) is 7.24. The van der Waals surface area contributed by atoms with Crippen LogP contribution >= 0.6 is 23.5 Å². The summed E-state index contributed by atoms with van der Waals surface area (Å²) in [6.45, 7) is 20.9. The maximum Gasteiger partial charge on any atom is 0.221 e. The highest BCUT2D eigenvalue weighted by Crippen LogP contribution is 2.46. The highest BCUT2D eigenvalue weighted by Gasteiger charge is 2.44. The lowest BCUT2D eigenvalue weighted by Gasteiger charge is -2.48. The maximum atomic E-state index is 12.5.